The zero-order valence-corrected chi connectivity index (χ0v) is 10.5. The first-order valence-electron chi connectivity index (χ1n) is 5.66. The molecule has 1 heterocycles. The minimum Gasteiger partial charge on any atom is -0.313 e. The van der Waals surface area contributed by atoms with Crippen LogP contribution in [0.15, 0.2) is 30.9 Å². The topological polar surface area (TPSA) is 42.7 Å². The van der Waals surface area contributed by atoms with Gasteiger partial charge in [-0.15, -0.1) is 0 Å². The van der Waals surface area contributed by atoms with E-state index < -0.39 is 0 Å². The van der Waals surface area contributed by atoms with E-state index in [2.05, 4.69) is 22.3 Å². The Labute approximate surface area is 106 Å². The van der Waals surface area contributed by atoms with E-state index in [-0.39, 0.29) is 0 Å². The zero-order chi connectivity index (χ0) is 12.1. The Morgan fingerprint density at radius 3 is 3.00 bits per heavy atom. The largest absolute Gasteiger partial charge is 0.313 e. The predicted octanol–water partition coefficient (Wildman–Crippen LogP) is 2.42. The van der Waals surface area contributed by atoms with Crippen molar-refractivity contribution in [3.05, 3.63) is 41.4 Å². The summed E-state index contributed by atoms with van der Waals surface area (Å²) in [6.07, 6.45) is 4.29. The van der Waals surface area contributed by atoms with E-state index >= 15 is 0 Å². The highest BCUT2D eigenvalue weighted by atomic mass is 35.5. The molecule has 0 saturated heterocycles. The highest BCUT2D eigenvalue weighted by molar-refractivity contribution is 6.31. The number of rotatable bonds is 5. The van der Waals surface area contributed by atoms with Crippen molar-refractivity contribution in [2.75, 3.05) is 6.54 Å². The molecule has 0 amide bonds. The zero-order valence-electron chi connectivity index (χ0n) is 9.73. The summed E-state index contributed by atoms with van der Waals surface area (Å²) in [5.74, 6) is 0. The second-order valence-corrected chi connectivity index (χ2v) is 4.16. The molecule has 0 bridgehead atoms. The second kappa shape index (κ2) is 5.80. The van der Waals surface area contributed by atoms with E-state index in [1.165, 1.54) is 6.33 Å². The van der Waals surface area contributed by atoms with Gasteiger partial charge < -0.3 is 5.32 Å². The smallest absolute Gasteiger partial charge is 0.138 e. The Kier molecular flexibility index (Phi) is 4.12. The average molecular weight is 251 g/mol. The summed E-state index contributed by atoms with van der Waals surface area (Å²) in [6.45, 7) is 3.85. The maximum absolute atomic E-state index is 6.22. The van der Waals surface area contributed by atoms with Crippen LogP contribution in [0.5, 0.6) is 0 Å². The van der Waals surface area contributed by atoms with E-state index in [0.29, 0.717) is 0 Å². The maximum atomic E-state index is 6.22. The lowest BCUT2D eigenvalue weighted by atomic mass is 10.1. The van der Waals surface area contributed by atoms with Crippen LogP contribution in [0, 0.1) is 0 Å². The lowest BCUT2D eigenvalue weighted by molar-refractivity contribution is 0.670. The minimum atomic E-state index is 0.739. The number of nitrogens with zero attached hydrogens (tertiary/aromatic N) is 3. The molecule has 1 aromatic carbocycles. The molecule has 2 aromatic rings. The molecule has 0 aliphatic heterocycles. The molecule has 0 unspecified atom stereocenters. The maximum Gasteiger partial charge on any atom is 0.138 e. The van der Waals surface area contributed by atoms with Gasteiger partial charge in [-0.2, -0.15) is 5.10 Å². The van der Waals surface area contributed by atoms with E-state index in [1.807, 2.05) is 18.2 Å². The Morgan fingerprint density at radius 1 is 1.41 bits per heavy atom. The van der Waals surface area contributed by atoms with Crippen molar-refractivity contribution in [2.24, 2.45) is 0 Å². The summed E-state index contributed by atoms with van der Waals surface area (Å²) in [5, 5.41) is 8.24. The van der Waals surface area contributed by atoms with Gasteiger partial charge in [-0.25, -0.2) is 9.67 Å². The molecule has 5 heteroatoms. The van der Waals surface area contributed by atoms with Gasteiger partial charge in [0.05, 0.1) is 5.69 Å². The number of nitrogens with one attached hydrogen (secondary N) is 1. The van der Waals surface area contributed by atoms with E-state index in [4.69, 9.17) is 11.6 Å². The summed E-state index contributed by atoms with van der Waals surface area (Å²) in [7, 11) is 0. The number of halogens is 1. The lowest BCUT2D eigenvalue weighted by Crippen LogP contribution is -2.16. The molecule has 0 aliphatic rings. The van der Waals surface area contributed by atoms with E-state index in [0.717, 1.165) is 35.8 Å². The number of hydrogen-bond acceptors (Lipinski definition) is 3. The third-order valence-electron chi connectivity index (χ3n) is 2.49. The van der Waals surface area contributed by atoms with Crippen molar-refractivity contribution in [3.63, 3.8) is 0 Å². The van der Waals surface area contributed by atoms with Gasteiger partial charge in [-0.1, -0.05) is 24.6 Å². The molecule has 0 spiro atoms. The van der Waals surface area contributed by atoms with Crippen molar-refractivity contribution in [2.45, 2.75) is 19.9 Å². The fourth-order valence-electron chi connectivity index (χ4n) is 1.66. The van der Waals surface area contributed by atoms with Crippen LogP contribution in [0.25, 0.3) is 5.69 Å². The van der Waals surface area contributed by atoms with Crippen LogP contribution in [0.1, 0.15) is 18.9 Å². The quantitative estimate of drug-likeness (QED) is 0.829. The summed E-state index contributed by atoms with van der Waals surface area (Å²) in [5.41, 5.74) is 2.02. The number of benzene rings is 1. The summed E-state index contributed by atoms with van der Waals surface area (Å²) in [4.78, 5) is 3.95. The Bertz CT molecular complexity index is 467. The number of hydrogen-bond donors (Lipinski definition) is 1. The van der Waals surface area contributed by atoms with Gasteiger partial charge in [0.15, 0.2) is 0 Å². The Balaban J connectivity index is 2.28. The van der Waals surface area contributed by atoms with Gasteiger partial charge in [0, 0.05) is 17.1 Å². The molecular weight excluding hydrogens is 236 g/mol. The average Bonchev–Trinajstić information content (AvgIpc) is 2.85. The molecule has 90 valence electrons. The fraction of sp³-hybridized carbons (Fsp3) is 0.333. The van der Waals surface area contributed by atoms with Crippen molar-refractivity contribution in [1.82, 2.24) is 20.1 Å². The minimum absolute atomic E-state index is 0.739. The molecule has 0 radical (unpaired) electrons. The van der Waals surface area contributed by atoms with Crippen molar-refractivity contribution in [1.29, 1.82) is 0 Å². The first-order valence-corrected chi connectivity index (χ1v) is 6.04. The van der Waals surface area contributed by atoms with Crippen molar-refractivity contribution < 1.29 is 0 Å². The molecule has 4 nitrogen and oxygen atoms in total. The van der Waals surface area contributed by atoms with Gasteiger partial charge in [-0.3, -0.25) is 0 Å². The SMILES string of the molecule is CCCNCc1c(Cl)cccc1-n1cncn1. The normalized spacial score (nSPS) is 10.7. The summed E-state index contributed by atoms with van der Waals surface area (Å²) in [6, 6.07) is 5.80. The predicted molar refractivity (Wildman–Crippen MR) is 68.4 cm³/mol. The van der Waals surface area contributed by atoms with Crippen LogP contribution in [-0.2, 0) is 6.54 Å². The molecule has 1 N–H and O–H groups in total. The standard InChI is InChI=1S/C12H15ClN4/c1-2-6-14-7-10-11(13)4-3-5-12(10)17-9-15-8-16-17/h3-5,8-9,14H,2,6-7H2,1H3. The summed E-state index contributed by atoms with van der Waals surface area (Å²) >= 11 is 6.22. The van der Waals surface area contributed by atoms with Crippen molar-refractivity contribution >= 4 is 11.6 Å². The van der Waals surface area contributed by atoms with Crippen LogP contribution >= 0.6 is 11.6 Å². The molecule has 0 aliphatic carbocycles. The molecule has 1 aromatic heterocycles. The van der Waals surface area contributed by atoms with Crippen LogP contribution in [-0.4, -0.2) is 21.3 Å². The van der Waals surface area contributed by atoms with Crippen LogP contribution < -0.4 is 5.32 Å². The third-order valence-corrected chi connectivity index (χ3v) is 2.84. The lowest BCUT2D eigenvalue weighted by Gasteiger charge is -2.11. The van der Waals surface area contributed by atoms with Crippen LogP contribution in [0.2, 0.25) is 5.02 Å². The van der Waals surface area contributed by atoms with Gasteiger partial charge in [0.25, 0.3) is 0 Å². The monoisotopic (exact) mass is 250 g/mol. The molecular formula is C12H15ClN4. The molecule has 0 fully saturated rings. The highest BCUT2D eigenvalue weighted by Gasteiger charge is 2.08. The van der Waals surface area contributed by atoms with Crippen molar-refractivity contribution in [3.8, 4) is 5.69 Å². The first kappa shape index (κ1) is 12.1. The Hall–Kier alpha value is -1.39. The van der Waals surface area contributed by atoms with Gasteiger partial charge in [0.2, 0.25) is 0 Å². The molecule has 2 rings (SSSR count). The first-order chi connectivity index (χ1) is 8.33. The molecule has 0 saturated carbocycles. The van der Waals surface area contributed by atoms with Gasteiger partial charge in [0.1, 0.15) is 12.7 Å². The third kappa shape index (κ3) is 2.84. The number of aromatic nitrogens is 3. The Morgan fingerprint density at radius 2 is 2.29 bits per heavy atom. The van der Waals surface area contributed by atoms with E-state index in [9.17, 15) is 0 Å². The van der Waals surface area contributed by atoms with E-state index in [1.54, 1.807) is 11.0 Å². The van der Waals surface area contributed by atoms with Crippen LogP contribution in [0.4, 0.5) is 0 Å². The fourth-order valence-corrected chi connectivity index (χ4v) is 1.90. The second-order valence-electron chi connectivity index (χ2n) is 3.75. The van der Waals surface area contributed by atoms with Gasteiger partial charge in [-0.05, 0) is 25.1 Å². The van der Waals surface area contributed by atoms with Gasteiger partial charge >= 0.3 is 0 Å². The summed E-state index contributed by atoms with van der Waals surface area (Å²) < 4.78 is 1.73. The molecule has 17 heavy (non-hydrogen) atoms. The molecule has 0 atom stereocenters. The highest BCUT2D eigenvalue weighted by Crippen LogP contribution is 2.22. The van der Waals surface area contributed by atoms with Crippen LogP contribution in [0.3, 0.4) is 0 Å².